The van der Waals surface area contributed by atoms with E-state index in [0.29, 0.717) is 36.1 Å². The van der Waals surface area contributed by atoms with Crippen molar-refractivity contribution in [3.8, 4) is 0 Å². The summed E-state index contributed by atoms with van der Waals surface area (Å²) in [5, 5.41) is 15.6. The largest absolute Gasteiger partial charge is 0.481 e. The van der Waals surface area contributed by atoms with Crippen LogP contribution < -0.4 is 10.6 Å². The number of aliphatic carboxylic acids is 1. The molecule has 3 unspecified atom stereocenters. The van der Waals surface area contributed by atoms with Gasteiger partial charge in [-0.05, 0) is 96.3 Å². The van der Waals surface area contributed by atoms with Crippen LogP contribution >= 0.6 is 15.9 Å². The Morgan fingerprint density at radius 1 is 1.16 bits per heavy atom. The molecular formula is C23H28BrF2N3O3. The molecule has 1 saturated heterocycles. The van der Waals surface area contributed by atoms with Crippen LogP contribution in [0, 0.1) is 40.9 Å². The Hall–Kier alpha value is -1.61. The van der Waals surface area contributed by atoms with E-state index in [1.165, 1.54) is 0 Å². The van der Waals surface area contributed by atoms with Crippen LogP contribution in [0.4, 0.5) is 14.5 Å². The summed E-state index contributed by atoms with van der Waals surface area (Å²) in [5.74, 6) is -5.54. The van der Waals surface area contributed by atoms with Gasteiger partial charge < -0.3 is 15.7 Å². The number of alkyl halides is 2. The number of carboxylic acids is 1. The number of aromatic nitrogens is 1. The van der Waals surface area contributed by atoms with Crippen molar-refractivity contribution in [2.45, 2.75) is 44.4 Å². The van der Waals surface area contributed by atoms with Gasteiger partial charge in [-0.15, -0.1) is 0 Å². The summed E-state index contributed by atoms with van der Waals surface area (Å²) in [5.41, 5.74) is 0.380. The zero-order valence-corrected chi connectivity index (χ0v) is 19.3. The summed E-state index contributed by atoms with van der Waals surface area (Å²) in [6.45, 7) is 0.364. The molecule has 32 heavy (non-hydrogen) atoms. The molecule has 4 fully saturated rings. The molecule has 0 aromatic carbocycles. The quantitative estimate of drug-likeness (QED) is 0.498. The Kier molecular flexibility index (Phi) is 5.55. The molecule has 2 bridgehead atoms. The SMILES string of the molecule is O=C(O)[C@H]1[C@H](C(=O)Nc2ccc(Br)nc2)[C@@H]2CC[C@H]1C21CC1CCC1CCNCC1(F)F. The van der Waals surface area contributed by atoms with Crippen molar-refractivity contribution in [2.24, 2.45) is 40.9 Å². The molecule has 4 aliphatic rings. The van der Waals surface area contributed by atoms with E-state index in [1.807, 2.05) is 0 Å². The number of carbonyl (C=O) groups excluding carboxylic acids is 1. The number of amides is 1. The maximum atomic E-state index is 14.2. The minimum absolute atomic E-state index is 0.00976. The number of halogens is 3. The van der Waals surface area contributed by atoms with Crippen LogP contribution in [0.2, 0.25) is 0 Å². The first-order valence-corrected chi connectivity index (χ1v) is 12.3. The van der Waals surface area contributed by atoms with Crippen molar-refractivity contribution < 1.29 is 23.5 Å². The number of anilines is 1. The van der Waals surface area contributed by atoms with Crippen LogP contribution in [0.5, 0.6) is 0 Å². The molecule has 1 aromatic rings. The van der Waals surface area contributed by atoms with Crippen molar-refractivity contribution >= 4 is 33.5 Å². The second kappa shape index (κ2) is 8.01. The molecular weight excluding hydrogens is 484 g/mol. The second-order valence-corrected chi connectivity index (χ2v) is 10.9. The van der Waals surface area contributed by atoms with Gasteiger partial charge in [0.1, 0.15) is 4.60 Å². The van der Waals surface area contributed by atoms with Crippen molar-refractivity contribution in [2.75, 3.05) is 18.4 Å². The van der Waals surface area contributed by atoms with Gasteiger partial charge >= 0.3 is 5.97 Å². The topological polar surface area (TPSA) is 91.3 Å². The number of piperidine rings is 1. The maximum Gasteiger partial charge on any atom is 0.307 e. The lowest BCUT2D eigenvalue weighted by Crippen LogP contribution is -2.46. The molecule has 3 aliphatic carbocycles. The molecule has 1 amide bonds. The molecule has 1 spiro atoms. The highest BCUT2D eigenvalue weighted by Crippen LogP contribution is 2.78. The van der Waals surface area contributed by atoms with Crippen LogP contribution in [0.1, 0.15) is 38.5 Å². The fourth-order valence-electron chi connectivity index (χ4n) is 7.34. The van der Waals surface area contributed by atoms with Gasteiger partial charge in [0.25, 0.3) is 5.92 Å². The third-order valence-electron chi connectivity index (χ3n) is 8.70. The molecule has 1 aliphatic heterocycles. The van der Waals surface area contributed by atoms with Gasteiger partial charge in [0.05, 0.1) is 30.3 Å². The van der Waals surface area contributed by atoms with E-state index in [1.54, 1.807) is 18.3 Å². The number of rotatable bonds is 6. The first kappa shape index (κ1) is 22.2. The number of nitrogens with zero attached hydrogens (tertiary/aromatic N) is 1. The number of hydrogen-bond donors (Lipinski definition) is 3. The molecule has 3 saturated carbocycles. The maximum absolute atomic E-state index is 14.2. The molecule has 5 rings (SSSR count). The van der Waals surface area contributed by atoms with E-state index in [4.69, 9.17) is 0 Å². The number of pyridine rings is 1. The van der Waals surface area contributed by atoms with Gasteiger partial charge in [-0.25, -0.2) is 13.8 Å². The molecule has 7 atom stereocenters. The predicted molar refractivity (Wildman–Crippen MR) is 117 cm³/mol. The highest BCUT2D eigenvalue weighted by Gasteiger charge is 2.75. The van der Waals surface area contributed by atoms with Crippen molar-refractivity contribution in [1.29, 1.82) is 0 Å². The molecule has 0 radical (unpaired) electrons. The van der Waals surface area contributed by atoms with Crippen molar-refractivity contribution in [3.05, 3.63) is 22.9 Å². The average Bonchev–Trinajstić information content (AvgIpc) is 3.27. The number of carbonyl (C=O) groups is 2. The highest BCUT2D eigenvalue weighted by molar-refractivity contribution is 9.10. The molecule has 6 nitrogen and oxygen atoms in total. The Bertz CT molecular complexity index is 914. The summed E-state index contributed by atoms with van der Waals surface area (Å²) < 4.78 is 29.1. The van der Waals surface area contributed by atoms with Gasteiger partial charge in [0, 0.05) is 5.92 Å². The summed E-state index contributed by atoms with van der Waals surface area (Å²) in [6, 6.07) is 3.45. The first-order chi connectivity index (χ1) is 15.2. The van der Waals surface area contributed by atoms with Crippen molar-refractivity contribution in [1.82, 2.24) is 10.3 Å². The summed E-state index contributed by atoms with van der Waals surface area (Å²) >= 11 is 3.26. The van der Waals surface area contributed by atoms with E-state index in [2.05, 4.69) is 31.5 Å². The Morgan fingerprint density at radius 3 is 2.53 bits per heavy atom. The zero-order chi connectivity index (χ0) is 22.7. The molecule has 1 aromatic heterocycles. The van der Waals surface area contributed by atoms with Crippen LogP contribution in [-0.4, -0.2) is 41.0 Å². The minimum atomic E-state index is -2.68. The summed E-state index contributed by atoms with van der Waals surface area (Å²) in [6.07, 6.45) is 5.70. The fourth-order valence-corrected chi connectivity index (χ4v) is 7.57. The third-order valence-corrected chi connectivity index (χ3v) is 9.17. The zero-order valence-electron chi connectivity index (χ0n) is 17.7. The monoisotopic (exact) mass is 511 g/mol. The molecule has 174 valence electrons. The van der Waals surface area contributed by atoms with Crippen LogP contribution in [0.15, 0.2) is 22.9 Å². The lowest BCUT2D eigenvalue weighted by molar-refractivity contribution is -0.148. The lowest BCUT2D eigenvalue weighted by atomic mass is 9.78. The van der Waals surface area contributed by atoms with Gasteiger partial charge in [0.15, 0.2) is 0 Å². The normalized spacial score (nSPS) is 39.2. The van der Waals surface area contributed by atoms with Gasteiger partial charge in [-0.2, -0.15) is 0 Å². The first-order valence-electron chi connectivity index (χ1n) is 11.5. The number of hydrogen-bond acceptors (Lipinski definition) is 4. The molecule has 3 N–H and O–H groups in total. The molecule has 2 heterocycles. The number of nitrogens with one attached hydrogen (secondary N) is 2. The van der Waals surface area contributed by atoms with Gasteiger partial charge in [0.2, 0.25) is 5.91 Å². The summed E-state index contributed by atoms with van der Waals surface area (Å²) in [7, 11) is 0. The van der Waals surface area contributed by atoms with E-state index in [0.717, 1.165) is 19.3 Å². The van der Waals surface area contributed by atoms with Crippen LogP contribution in [-0.2, 0) is 9.59 Å². The van der Waals surface area contributed by atoms with Gasteiger partial charge in [-0.3, -0.25) is 9.59 Å². The lowest BCUT2D eigenvalue weighted by Gasteiger charge is -2.32. The predicted octanol–water partition coefficient (Wildman–Crippen LogP) is 4.17. The smallest absolute Gasteiger partial charge is 0.307 e. The fraction of sp³-hybridized carbons (Fsp3) is 0.696. The Balaban J connectivity index is 1.30. The third kappa shape index (κ3) is 3.56. The van der Waals surface area contributed by atoms with E-state index in [-0.39, 0.29) is 35.6 Å². The second-order valence-electron chi connectivity index (χ2n) is 10.1. The van der Waals surface area contributed by atoms with Gasteiger partial charge in [-0.1, -0.05) is 0 Å². The Morgan fingerprint density at radius 2 is 1.88 bits per heavy atom. The average molecular weight is 512 g/mol. The standard InChI is InChI=1S/C23H28BrF2N3O3/c24-17-6-3-14(10-28-17)29-20(30)18-15-4-5-16(19(18)21(31)32)22(15)9-13(22)2-1-12-7-8-27-11-23(12,25)26/h3,6,10,12-13,15-16,18-19,27H,1-2,4-5,7-9,11H2,(H,29,30)(H,31,32)/t12?,13?,15-,16+,18+,19+,22?/m0/s1. The Labute approximate surface area is 194 Å². The van der Waals surface area contributed by atoms with Crippen molar-refractivity contribution in [3.63, 3.8) is 0 Å². The van der Waals surface area contributed by atoms with E-state index < -0.39 is 29.6 Å². The van der Waals surface area contributed by atoms with E-state index >= 15 is 0 Å². The van der Waals surface area contributed by atoms with E-state index in [9.17, 15) is 23.5 Å². The molecule has 9 heteroatoms. The highest BCUT2D eigenvalue weighted by atomic mass is 79.9. The number of carboxylic acid groups (broad SMARTS) is 1. The minimum Gasteiger partial charge on any atom is -0.481 e. The van der Waals surface area contributed by atoms with Crippen LogP contribution in [0.25, 0.3) is 0 Å². The van der Waals surface area contributed by atoms with Crippen LogP contribution in [0.3, 0.4) is 0 Å². The summed E-state index contributed by atoms with van der Waals surface area (Å²) in [4.78, 5) is 29.5.